The fraction of sp³-hybridized carbons (Fsp3) is 0. The van der Waals surface area contributed by atoms with E-state index in [1.807, 2.05) is 48.7 Å². The second-order valence-corrected chi connectivity index (χ2v) is 5.37. The van der Waals surface area contributed by atoms with Crippen LogP contribution in [0.15, 0.2) is 60.8 Å². The van der Waals surface area contributed by atoms with Gasteiger partial charge in [-0.25, -0.2) is 4.98 Å². The van der Waals surface area contributed by atoms with Crippen LogP contribution in [0, 0.1) is 0 Å². The Morgan fingerprint density at radius 2 is 1.56 bits per heavy atom. The van der Waals surface area contributed by atoms with Gasteiger partial charge >= 0.3 is 0 Å². The second kappa shape index (κ2) is 4.92. The van der Waals surface area contributed by atoms with Crippen molar-refractivity contribution in [3.63, 3.8) is 0 Å². The minimum Gasteiger partial charge on any atom is -0.244 e. The summed E-state index contributed by atoms with van der Waals surface area (Å²) >= 11 is 7.58. The largest absolute Gasteiger partial charge is 0.244 e. The highest BCUT2D eigenvalue weighted by atomic mass is 35.5. The number of hydrogen-bond acceptors (Lipinski definition) is 2. The molecule has 3 aromatic rings. The van der Waals surface area contributed by atoms with Gasteiger partial charge in [-0.3, -0.25) is 0 Å². The first-order chi connectivity index (χ1) is 8.83. The zero-order valence-electron chi connectivity index (χ0n) is 9.51. The minimum atomic E-state index is 0.756. The summed E-state index contributed by atoms with van der Waals surface area (Å²) in [6, 6.07) is 18.1. The molecule has 0 saturated carbocycles. The maximum atomic E-state index is 5.89. The monoisotopic (exact) mass is 271 g/mol. The van der Waals surface area contributed by atoms with Crippen LogP contribution in [0.5, 0.6) is 0 Å². The lowest BCUT2D eigenvalue weighted by Gasteiger charge is -1.96. The van der Waals surface area contributed by atoms with E-state index in [9.17, 15) is 0 Å². The number of hydrogen-bond donors (Lipinski definition) is 0. The van der Waals surface area contributed by atoms with E-state index in [1.54, 1.807) is 11.3 Å². The molecule has 1 aromatic heterocycles. The van der Waals surface area contributed by atoms with E-state index in [-0.39, 0.29) is 0 Å². The first-order valence-corrected chi connectivity index (χ1v) is 6.79. The highest BCUT2D eigenvalue weighted by Crippen LogP contribution is 2.32. The number of rotatable bonds is 2. The van der Waals surface area contributed by atoms with Crippen molar-refractivity contribution in [3.05, 3.63) is 65.8 Å². The molecular weight excluding hydrogens is 262 g/mol. The molecule has 0 aliphatic rings. The molecule has 0 aliphatic carbocycles. The molecule has 0 spiro atoms. The maximum absolute atomic E-state index is 5.89. The van der Waals surface area contributed by atoms with Crippen LogP contribution in [-0.4, -0.2) is 4.98 Å². The Morgan fingerprint density at radius 1 is 0.833 bits per heavy atom. The SMILES string of the molecule is Clc1ccc(-c2cnc(-c3ccccc3)s2)cc1. The summed E-state index contributed by atoms with van der Waals surface area (Å²) in [6.07, 6.45) is 1.91. The summed E-state index contributed by atoms with van der Waals surface area (Å²) in [5.74, 6) is 0. The van der Waals surface area contributed by atoms with Crippen molar-refractivity contribution < 1.29 is 0 Å². The van der Waals surface area contributed by atoms with Crippen molar-refractivity contribution in [3.8, 4) is 21.0 Å². The van der Waals surface area contributed by atoms with Gasteiger partial charge in [-0.2, -0.15) is 0 Å². The van der Waals surface area contributed by atoms with Gasteiger partial charge < -0.3 is 0 Å². The average Bonchev–Trinajstić information content (AvgIpc) is 2.90. The Bertz CT molecular complexity index is 644. The predicted molar refractivity (Wildman–Crippen MR) is 78.0 cm³/mol. The van der Waals surface area contributed by atoms with Crippen LogP contribution in [0.1, 0.15) is 0 Å². The molecule has 3 heteroatoms. The summed E-state index contributed by atoms with van der Waals surface area (Å²) in [5, 5.41) is 1.80. The van der Waals surface area contributed by atoms with Gasteiger partial charge in [-0.05, 0) is 17.7 Å². The number of nitrogens with zero attached hydrogens (tertiary/aromatic N) is 1. The van der Waals surface area contributed by atoms with E-state index in [0.29, 0.717) is 0 Å². The number of thiazole rings is 1. The Kier molecular flexibility index (Phi) is 3.13. The molecule has 88 valence electrons. The van der Waals surface area contributed by atoms with Crippen LogP contribution in [0.3, 0.4) is 0 Å². The molecule has 0 bridgehead atoms. The normalized spacial score (nSPS) is 10.5. The smallest absolute Gasteiger partial charge is 0.123 e. The van der Waals surface area contributed by atoms with Crippen LogP contribution in [0.25, 0.3) is 21.0 Å². The fourth-order valence-electron chi connectivity index (χ4n) is 1.74. The first kappa shape index (κ1) is 11.5. The van der Waals surface area contributed by atoms with Gasteiger partial charge in [0.25, 0.3) is 0 Å². The van der Waals surface area contributed by atoms with Crippen molar-refractivity contribution in [1.82, 2.24) is 4.98 Å². The summed E-state index contributed by atoms with van der Waals surface area (Å²) in [7, 11) is 0. The first-order valence-electron chi connectivity index (χ1n) is 5.60. The quantitative estimate of drug-likeness (QED) is 0.630. The van der Waals surface area contributed by atoms with Crippen molar-refractivity contribution in [2.24, 2.45) is 0 Å². The molecule has 0 fully saturated rings. The summed E-state index contributed by atoms with van der Waals surface area (Å²) in [6.45, 7) is 0. The van der Waals surface area contributed by atoms with Crippen LogP contribution in [0.2, 0.25) is 5.02 Å². The van der Waals surface area contributed by atoms with Gasteiger partial charge in [-0.1, -0.05) is 54.1 Å². The number of aromatic nitrogens is 1. The van der Waals surface area contributed by atoms with Gasteiger partial charge in [0.1, 0.15) is 5.01 Å². The lowest BCUT2D eigenvalue weighted by atomic mass is 10.2. The second-order valence-electron chi connectivity index (χ2n) is 3.90. The Labute approximate surface area is 115 Å². The minimum absolute atomic E-state index is 0.756. The topological polar surface area (TPSA) is 12.9 Å². The third-order valence-corrected chi connectivity index (χ3v) is 4.00. The highest BCUT2D eigenvalue weighted by Gasteiger charge is 2.05. The molecule has 3 rings (SSSR count). The van der Waals surface area contributed by atoms with E-state index in [4.69, 9.17) is 11.6 Å². The Balaban J connectivity index is 1.97. The van der Waals surface area contributed by atoms with Gasteiger partial charge in [0.2, 0.25) is 0 Å². The highest BCUT2D eigenvalue weighted by molar-refractivity contribution is 7.18. The van der Waals surface area contributed by atoms with Crippen LogP contribution in [-0.2, 0) is 0 Å². The molecule has 18 heavy (non-hydrogen) atoms. The third-order valence-electron chi connectivity index (χ3n) is 2.66. The lowest BCUT2D eigenvalue weighted by molar-refractivity contribution is 1.41. The van der Waals surface area contributed by atoms with E-state index >= 15 is 0 Å². The maximum Gasteiger partial charge on any atom is 0.123 e. The van der Waals surface area contributed by atoms with E-state index < -0.39 is 0 Å². The molecule has 2 aromatic carbocycles. The van der Waals surface area contributed by atoms with E-state index in [2.05, 4.69) is 17.1 Å². The molecular formula is C15H10ClNS. The van der Waals surface area contributed by atoms with Crippen LogP contribution < -0.4 is 0 Å². The molecule has 0 aliphatic heterocycles. The standard InChI is InChI=1S/C15H10ClNS/c16-13-8-6-11(7-9-13)14-10-17-15(18-14)12-4-2-1-3-5-12/h1-10H. The van der Waals surface area contributed by atoms with Gasteiger partial charge in [0, 0.05) is 16.8 Å². The van der Waals surface area contributed by atoms with Crippen molar-refractivity contribution in [1.29, 1.82) is 0 Å². The summed E-state index contributed by atoms with van der Waals surface area (Å²) < 4.78 is 0. The molecule has 0 radical (unpaired) electrons. The van der Waals surface area contributed by atoms with Crippen molar-refractivity contribution in [2.45, 2.75) is 0 Å². The fourth-order valence-corrected chi connectivity index (χ4v) is 2.79. The molecule has 0 atom stereocenters. The molecule has 0 saturated heterocycles. The summed E-state index contributed by atoms with van der Waals surface area (Å²) in [4.78, 5) is 5.63. The van der Waals surface area contributed by atoms with Gasteiger partial charge in [0.15, 0.2) is 0 Å². The molecule has 1 heterocycles. The Hall–Kier alpha value is -1.64. The number of benzene rings is 2. The van der Waals surface area contributed by atoms with E-state index in [0.717, 1.165) is 26.0 Å². The van der Waals surface area contributed by atoms with Crippen LogP contribution >= 0.6 is 22.9 Å². The third kappa shape index (κ3) is 2.30. The number of halogens is 1. The zero-order chi connectivity index (χ0) is 12.4. The molecule has 1 nitrogen and oxygen atoms in total. The van der Waals surface area contributed by atoms with Crippen molar-refractivity contribution >= 4 is 22.9 Å². The van der Waals surface area contributed by atoms with E-state index in [1.165, 1.54) is 0 Å². The zero-order valence-corrected chi connectivity index (χ0v) is 11.1. The van der Waals surface area contributed by atoms with Crippen molar-refractivity contribution in [2.75, 3.05) is 0 Å². The molecule has 0 unspecified atom stereocenters. The Morgan fingerprint density at radius 3 is 2.28 bits per heavy atom. The summed E-state index contributed by atoms with van der Waals surface area (Å²) in [5.41, 5.74) is 2.31. The van der Waals surface area contributed by atoms with Crippen LogP contribution in [0.4, 0.5) is 0 Å². The molecule has 0 N–H and O–H groups in total. The van der Waals surface area contributed by atoms with Gasteiger partial charge in [-0.15, -0.1) is 11.3 Å². The lowest BCUT2D eigenvalue weighted by Crippen LogP contribution is -1.71. The molecule has 0 amide bonds. The predicted octanol–water partition coefficient (Wildman–Crippen LogP) is 5.13. The van der Waals surface area contributed by atoms with Gasteiger partial charge in [0.05, 0.1) is 4.88 Å². The average molecular weight is 272 g/mol.